The standard InChI is InChI=1S/C16H25N3.ClH/c1-18-9-10-19(12-14-5-4-8-17-11-14)13-15-6-2-3-7-16(15)18;/h2-3,6-7,14,17H,4-5,8-13H2,1H3;1H. The number of rotatable bonds is 2. The third-order valence-corrected chi connectivity index (χ3v) is 4.46. The number of para-hydroxylation sites is 1. The van der Waals surface area contributed by atoms with Gasteiger partial charge in [-0.1, -0.05) is 18.2 Å². The van der Waals surface area contributed by atoms with Crippen molar-refractivity contribution in [3.05, 3.63) is 29.8 Å². The summed E-state index contributed by atoms with van der Waals surface area (Å²) in [7, 11) is 2.21. The molecule has 1 aromatic carbocycles. The zero-order valence-corrected chi connectivity index (χ0v) is 13.2. The number of anilines is 1. The molecule has 20 heavy (non-hydrogen) atoms. The van der Waals surface area contributed by atoms with Crippen LogP contribution in [0.2, 0.25) is 0 Å². The lowest BCUT2D eigenvalue weighted by atomic mass is 9.99. The van der Waals surface area contributed by atoms with Gasteiger partial charge in [0.25, 0.3) is 0 Å². The van der Waals surface area contributed by atoms with Crippen LogP contribution < -0.4 is 10.2 Å². The number of benzene rings is 1. The van der Waals surface area contributed by atoms with Gasteiger partial charge < -0.3 is 10.2 Å². The molecule has 3 rings (SSSR count). The van der Waals surface area contributed by atoms with Crippen molar-refractivity contribution >= 4 is 18.1 Å². The monoisotopic (exact) mass is 295 g/mol. The van der Waals surface area contributed by atoms with E-state index in [1.165, 1.54) is 50.3 Å². The smallest absolute Gasteiger partial charge is 0.0409 e. The van der Waals surface area contributed by atoms with Gasteiger partial charge in [0.15, 0.2) is 0 Å². The molecule has 1 saturated heterocycles. The fourth-order valence-electron chi connectivity index (χ4n) is 3.35. The lowest BCUT2D eigenvalue weighted by Gasteiger charge is -2.29. The Bertz CT molecular complexity index is 418. The maximum Gasteiger partial charge on any atom is 0.0409 e. The predicted molar refractivity (Wildman–Crippen MR) is 87.8 cm³/mol. The molecule has 1 atom stereocenters. The number of piperidine rings is 1. The summed E-state index contributed by atoms with van der Waals surface area (Å²) in [5.41, 5.74) is 2.89. The van der Waals surface area contributed by atoms with Crippen LogP contribution in [0.3, 0.4) is 0 Å². The lowest BCUT2D eigenvalue weighted by Crippen LogP contribution is -2.39. The second kappa shape index (κ2) is 7.30. The van der Waals surface area contributed by atoms with Crippen molar-refractivity contribution in [1.29, 1.82) is 0 Å². The average molecular weight is 296 g/mol. The van der Waals surface area contributed by atoms with E-state index in [2.05, 4.69) is 46.4 Å². The van der Waals surface area contributed by atoms with Crippen molar-refractivity contribution < 1.29 is 0 Å². The maximum atomic E-state index is 3.53. The highest BCUT2D eigenvalue weighted by atomic mass is 35.5. The predicted octanol–water partition coefficient (Wildman–Crippen LogP) is 2.36. The highest BCUT2D eigenvalue weighted by molar-refractivity contribution is 5.85. The van der Waals surface area contributed by atoms with E-state index in [9.17, 15) is 0 Å². The fourth-order valence-corrected chi connectivity index (χ4v) is 3.35. The lowest BCUT2D eigenvalue weighted by molar-refractivity contribution is 0.208. The molecule has 1 aromatic rings. The van der Waals surface area contributed by atoms with Crippen LogP contribution in [0.1, 0.15) is 18.4 Å². The molecule has 0 aliphatic carbocycles. The van der Waals surface area contributed by atoms with Crippen molar-refractivity contribution in [3.8, 4) is 0 Å². The molecule has 1 fully saturated rings. The van der Waals surface area contributed by atoms with Crippen LogP contribution in [-0.2, 0) is 6.54 Å². The van der Waals surface area contributed by atoms with Crippen LogP contribution in [0.25, 0.3) is 0 Å². The molecular formula is C16H26ClN3. The molecule has 112 valence electrons. The molecule has 0 saturated carbocycles. The molecule has 3 nitrogen and oxygen atoms in total. The van der Waals surface area contributed by atoms with Gasteiger partial charge in [-0.25, -0.2) is 0 Å². The van der Waals surface area contributed by atoms with Crippen LogP contribution in [0.4, 0.5) is 5.69 Å². The van der Waals surface area contributed by atoms with Gasteiger partial charge in [-0.3, -0.25) is 4.90 Å². The summed E-state index contributed by atoms with van der Waals surface area (Å²) in [4.78, 5) is 5.04. The number of nitrogens with zero attached hydrogens (tertiary/aromatic N) is 2. The maximum absolute atomic E-state index is 3.53. The first-order valence-corrected chi connectivity index (χ1v) is 7.55. The largest absolute Gasteiger partial charge is 0.373 e. The minimum Gasteiger partial charge on any atom is -0.373 e. The summed E-state index contributed by atoms with van der Waals surface area (Å²) in [6, 6.07) is 8.85. The van der Waals surface area contributed by atoms with Crippen LogP contribution >= 0.6 is 12.4 Å². The second-order valence-electron chi connectivity index (χ2n) is 6.00. The number of hydrogen-bond donors (Lipinski definition) is 1. The Morgan fingerprint density at radius 1 is 1.25 bits per heavy atom. The summed E-state index contributed by atoms with van der Waals surface area (Å²) in [5.74, 6) is 0.837. The molecule has 2 aliphatic heterocycles. The van der Waals surface area contributed by atoms with Crippen molar-refractivity contribution in [3.63, 3.8) is 0 Å². The van der Waals surface area contributed by atoms with Crippen molar-refractivity contribution in [2.24, 2.45) is 5.92 Å². The Balaban J connectivity index is 0.00000147. The fraction of sp³-hybridized carbons (Fsp3) is 0.625. The van der Waals surface area contributed by atoms with E-state index in [0.29, 0.717) is 0 Å². The summed E-state index contributed by atoms with van der Waals surface area (Å²) in [6.07, 6.45) is 2.73. The van der Waals surface area contributed by atoms with Gasteiger partial charge in [0.2, 0.25) is 0 Å². The Kier molecular flexibility index (Phi) is 5.70. The van der Waals surface area contributed by atoms with Crippen LogP contribution in [0.15, 0.2) is 24.3 Å². The summed E-state index contributed by atoms with van der Waals surface area (Å²) in [5, 5.41) is 3.53. The Morgan fingerprint density at radius 3 is 2.90 bits per heavy atom. The van der Waals surface area contributed by atoms with Crippen LogP contribution in [-0.4, -0.2) is 44.7 Å². The molecule has 0 aromatic heterocycles. The Morgan fingerprint density at radius 2 is 2.10 bits per heavy atom. The number of likely N-dealkylation sites (N-methyl/N-ethyl adjacent to an activating group) is 1. The molecule has 0 amide bonds. The van der Waals surface area contributed by atoms with E-state index >= 15 is 0 Å². The van der Waals surface area contributed by atoms with Crippen molar-refractivity contribution in [1.82, 2.24) is 10.2 Å². The SMILES string of the molecule is CN1CCN(CC2CCCNC2)Cc2ccccc21.Cl. The van der Waals surface area contributed by atoms with E-state index in [0.717, 1.165) is 19.0 Å². The summed E-state index contributed by atoms with van der Waals surface area (Å²) in [6.45, 7) is 7.08. The van der Waals surface area contributed by atoms with E-state index in [1.54, 1.807) is 0 Å². The minimum atomic E-state index is 0. The van der Waals surface area contributed by atoms with Gasteiger partial charge in [-0.2, -0.15) is 0 Å². The third-order valence-electron chi connectivity index (χ3n) is 4.46. The molecular weight excluding hydrogens is 270 g/mol. The molecule has 1 unspecified atom stereocenters. The molecule has 4 heteroatoms. The van der Waals surface area contributed by atoms with E-state index in [-0.39, 0.29) is 12.4 Å². The molecule has 2 aliphatic rings. The van der Waals surface area contributed by atoms with Gasteiger partial charge in [0.1, 0.15) is 0 Å². The summed E-state index contributed by atoms with van der Waals surface area (Å²) >= 11 is 0. The van der Waals surface area contributed by atoms with Gasteiger partial charge in [0.05, 0.1) is 0 Å². The summed E-state index contributed by atoms with van der Waals surface area (Å²) < 4.78 is 0. The highest BCUT2D eigenvalue weighted by Crippen LogP contribution is 2.24. The molecule has 1 N–H and O–H groups in total. The number of halogens is 1. The second-order valence-corrected chi connectivity index (χ2v) is 6.00. The molecule has 0 bridgehead atoms. The molecule has 2 heterocycles. The van der Waals surface area contributed by atoms with E-state index < -0.39 is 0 Å². The van der Waals surface area contributed by atoms with Gasteiger partial charge in [-0.15, -0.1) is 12.4 Å². The third kappa shape index (κ3) is 3.66. The molecule has 0 spiro atoms. The first-order chi connectivity index (χ1) is 9.33. The van der Waals surface area contributed by atoms with E-state index in [1.807, 2.05) is 0 Å². The van der Waals surface area contributed by atoms with E-state index in [4.69, 9.17) is 0 Å². The Labute approximate surface area is 128 Å². The average Bonchev–Trinajstić information content (AvgIpc) is 2.60. The minimum absolute atomic E-state index is 0. The normalized spacial score (nSPS) is 23.6. The number of hydrogen-bond acceptors (Lipinski definition) is 3. The van der Waals surface area contributed by atoms with Crippen LogP contribution in [0, 0.1) is 5.92 Å². The molecule has 0 radical (unpaired) electrons. The zero-order chi connectivity index (χ0) is 13.1. The Hall–Kier alpha value is -0.770. The first-order valence-electron chi connectivity index (χ1n) is 7.55. The highest BCUT2D eigenvalue weighted by Gasteiger charge is 2.21. The number of nitrogens with one attached hydrogen (secondary N) is 1. The van der Waals surface area contributed by atoms with Crippen molar-refractivity contribution in [2.75, 3.05) is 44.7 Å². The van der Waals surface area contributed by atoms with Crippen LogP contribution in [0.5, 0.6) is 0 Å². The van der Waals surface area contributed by atoms with Gasteiger partial charge in [0, 0.05) is 38.9 Å². The quantitative estimate of drug-likeness (QED) is 0.904. The van der Waals surface area contributed by atoms with Gasteiger partial charge in [-0.05, 0) is 43.5 Å². The van der Waals surface area contributed by atoms with Crippen molar-refractivity contribution in [2.45, 2.75) is 19.4 Å². The number of fused-ring (bicyclic) bond motifs is 1. The topological polar surface area (TPSA) is 18.5 Å². The zero-order valence-electron chi connectivity index (χ0n) is 12.3. The first kappa shape index (κ1) is 15.6. The van der Waals surface area contributed by atoms with Gasteiger partial charge >= 0.3 is 0 Å².